The summed E-state index contributed by atoms with van der Waals surface area (Å²) in [6.45, 7) is 1.96. The topological polar surface area (TPSA) is 50.2 Å². The molecule has 1 N–H and O–H groups in total. The van der Waals surface area contributed by atoms with Gasteiger partial charge in [-0.05, 0) is 24.8 Å². The Morgan fingerprint density at radius 1 is 1.50 bits per heavy atom. The van der Waals surface area contributed by atoms with Gasteiger partial charge in [0, 0.05) is 4.90 Å². The second-order valence-electron chi connectivity index (χ2n) is 4.17. The SMILES string of the molecule is CCCc1nc(-c2c(F)cccc2SC)sc1C(=O)O. The monoisotopic (exact) mass is 311 g/mol. The highest BCUT2D eigenvalue weighted by atomic mass is 32.2. The van der Waals surface area contributed by atoms with Crippen LogP contribution in [0.3, 0.4) is 0 Å². The van der Waals surface area contributed by atoms with Crippen LogP contribution in [0.1, 0.15) is 28.7 Å². The number of aromatic carboxylic acids is 1. The van der Waals surface area contributed by atoms with E-state index in [4.69, 9.17) is 0 Å². The third kappa shape index (κ3) is 2.86. The predicted octanol–water partition coefficient (Wildman–Crippen LogP) is 4.32. The molecule has 0 radical (unpaired) electrons. The number of thiazole rings is 1. The van der Waals surface area contributed by atoms with E-state index in [-0.39, 0.29) is 10.7 Å². The fourth-order valence-electron chi connectivity index (χ4n) is 1.91. The van der Waals surface area contributed by atoms with Crippen molar-refractivity contribution < 1.29 is 14.3 Å². The van der Waals surface area contributed by atoms with Gasteiger partial charge in [-0.3, -0.25) is 0 Å². The van der Waals surface area contributed by atoms with E-state index >= 15 is 0 Å². The number of rotatable bonds is 5. The molecule has 1 aromatic carbocycles. The number of halogens is 1. The van der Waals surface area contributed by atoms with Crippen LogP contribution in [0.15, 0.2) is 23.1 Å². The zero-order valence-electron chi connectivity index (χ0n) is 11.1. The van der Waals surface area contributed by atoms with Gasteiger partial charge >= 0.3 is 5.97 Å². The third-order valence-corrected chi connectivity index (χ3v) is 4.67. The van der Waals surface area contributed by atoms with Crippen LogP contribution in [0, 0.1) is 5.82 Å². The van der Waals surface area contributed by atoms with Crippen molar-refractivity contribution in [2.24, 2.45) is 0 Å². The Bertz CT molecular complexity index is 640. The maximum Gasteiger partial charge on any atom is 0.347 e. The molecule has 0 aliphatic rings. The van der Waals surface area contributed by atoms with Crippen molar-refractivity contribution in [3.05, 3.63) is 34.6 Å². The van der Waals surface area contributed by atoms with Gasteiger partial charge in [0.1, 0.15) is 15.7 Å². The van der Waals surface area contributed by atoms with Gasteiger partial charge in [0.2, 0.25) is 0 Å². The van der Waals surface area contributed by atoms with Crippen molar-refractivity contribution in [1.29, 1.82) is 0 Å². The van der Waals surface area contributed by atoms with Crippen LogP contribution in [0.5, 0.6) is 0 Å². The molecule has 1 aromatic heterocycles. The Labute approximate surface area is 124 Å². The number of carboxylic acids is 1. The molecule has 0 saturated heterocycles. The van der Waals surface area contributed by atoms with E-state index in [2.05, 4.69) is 4.98 Å². The number of benzene rings is 1. The number of carbonyl (C=O) groups is 1. The normalized spacial score (nSPS) is 10.8. The Morgan fingerprint density at radius 2 is 2.25 bits per heavy atom. The molecule has 3 nitrogen and oxygen atoms in total. The van der Waals surface area contributed by atoms with Crippen molar-refractivity contribution in [3.63, 3.8) is 0 Å². The molecule has 6 heteroatoms. The highest BCUT2D eigenvalue weighted by Crippen LogP contribution is 2.36. The Kier molecular flexibility index (Phi) is 4.77. The highest BCUT2D eigenvalue weighted by Gasteiger charge is 2.21. The number of aryl methyl sites for hydroxylation is 1. The maximum absolute atomic E-state index is 14.1. The lowest BCUT2D eigenvalue weighted by Gasteiger charge is -2.05. The smallest absolute Gasteiger partial charge is 0.347 e. The average Bonchev–Trinajstić information content (AvgIpc) is 2.82. The number of hydrogen-bond acceptors (Lipinski definition) is 4. The first-order chi connectivity index (χ1) is 9.58. The van der Waals surface area contributed by atoms with E-state index in [1.165, 1.54) is 17.8 Å². The average molecular weight is 311 g/mol. The molecule has 1 heterocycles. The predicted molar refractivity (Wildman–Crippen MR) is 80.2 cm³/mol. The fraction of sp³-hybridized carbons (Fsp3) is 0.286. The molecule has 0 fully saturated rings. The van der Waals surface area contributed by atoms with Crippen LogP contribution in [-0.2, 0) is 6.42 Å². The van der Waals surface area contributed by atoms with Gasteiger partial charge in [-0.2, -0.15) is 0 Å². The van der Waals surface area contributed by atoms with E-state index in [1.807, 2.05) is 19.2 Å². The molecular weight excluding hydrogens is 297 g/mol. The van der Waals surface area contributed by atoms with Crippen molar-refractivity contribution >= 4 is 29.1 Å². The van der Waals surface area contributed by atoms with Crippen LogP contribution >= 0.6 is 23.1 Å². The fourth-order valence-corrected chi connectivity index (χ4v) is 3.60. The number of nitrogens with zero attached hydrogens (tertiary/aromatic N) is 1. The van der Waals surface area contributed by atoms with Gasteiger partial charge in [-0.25, -0.2) is 14.2 Å². The van der Waals surface area contributed by atoms with E-state index in [0.29, 0.717) is 22.7 Å². The summed E-state index contributed by atoms with van der Waals surface area (Å²) in [5, 5.41) is 9.66. The van der Waals surface area contributed by atoms with Gasteiger partial charge in [0.25, 0.3) is 0 Å². The number of aromatic nitrogens is 1. The Balaban J connectivity index is 2.59. The summed E-state index contributed by atoms with van der Waals surface area (Å²) in [4.78, 5) is 16.6. The van der Waals surface area contributed by atoms with Crippen molar-refractivity contribution in [2.45, 2.75) is 24.7 Å². The largest absolute Gasteiger partial charge is 0.477 e. The van der Waals surface area contributed by atoms with Crippen molar-refractivity contribution in [3.8, 4) is 10.6 Å². The number of hydrogen-bond donors (Lipinski definition) is 1. The molecule has 0 aliphatic heterocycles. The van der Waals surface area contributed by atoms with Crippen LogP contribution in [0.4, 0.5) is 4.39 Å². The van der Waals surface area contributed by atoms with Gasteiger partial charge in [-0.1, -0.05) is 19.4 Å². The molecule has 2 aromatic rings. The van der Waals surface area contributed by atoms with Crippen LogP contribution in [-0.4, -0.2) is 22.3 Å². The minimum Gasteiger partial charge on any atom is -0.477 e. The molecule has 0 amide bonds. The van der Waals surface area contributed by atoms with E-state index in [0.717, 1.165) is 22.7 Å². The van der Waals surface area contributed by atoms with Crippen molar-refractivity contribution in [1.82, 2.24) is 4.98 Å². The molecule has 20 heavy (non-hydrogen) atoms. The molecule has 2 rings (SSSR count). The summed E-state index contributed by atoms with van der Waals surface area (Å²) >= 11 is 2.46. The molecule has 106 valence electrons. The summed E-state index contributed by atoms with van der Waals surface area (Å²) in [7, 11) is 0. The Hall–Kier alpha value is -1.40. The minimum absolute atomic E-state index is 0.206. The lowest BCUT2D eigenvalue weighted by atomic mass is 10.2. The zero-order valence-corrected chi connectivity index (χ0v) is 12.8. The highest BCUT2D eigenvalue weighted by molar-refractivity contribution is 7.98. The van der Waals surface area contributed by atoms with E-state index in [9.17, 15) is 14.3 Å². The summed E-state index contributed by atoms with van der Waals surface area (Å²) in [5.41, 5.74) is 0.935. The third-order valence-electron chi connectivity index (χ3n) is 2.79. The van der Waals surface area contributed by atoms with Crippen LogP contribution in [0.25, 0.3) is 10.6 Å². The molecular formula is C14H14FNO2S2. The van der Waals surface area contributed by atoms with Gasteiger partial charge in [-0.15, -0.1) is 23.1 Å². The molecule has 0 atom stereocenters. The van der Waals surface area contributed by atoms with Gasteiger partial charge < -0.3 is 5.11 Å². The lowest BCUT2D eigenvalue weighted by molar-refractivity contribution is 0.0700. The molecule has 0 aliphatic carbocycles. The molecule has 0 saturated carbocycles. The van der Waals surface area contributed by atoms with Gasteiger partial charge in [0.15, 0.2) is 0 Å². The summed E-state index contributed by atoms with van der Waals surface area (Å²) < 4.78 is 14.1. The zero-order chi connectivity index (χ0) is 14.7. The van der Waals surface area contributed by atoms with Gasteiger partial charge in [0.05, 0.1) is 11.3 Å². The summed E-state index contributed by atoms with van der Waals surface area (Å²) in [6.07, 6.45) is 3.24. The first-order valence-electron chi connectivity index (χ1n) is 6.14. The van der Waals surface area contributed by atoms with Crippen molar-refractivity contribution in [2.75, 3.05) is 6.26 Å². The molecule has 0 spiro atoms. The number of carboxylic acid groups (broad SMARTS) is 1. The van der Waals surface area contributed by atoms with Crippen LogP contribution < -0.4 is 0 Å². The van der Waals surface area contributed by atoms with E-state index < -0.39 is 5.97 Å². The summed E-state index contributed by atoms with van der Waals surface area (Å²) in [6, 6.07) is 4.82. The lowest BCUT2D eigenvalue weighted by Crippen LogP contribution is -1.98. The second-order valence-corrected chi connectivity index (χ2v) is 6.01. The second kappa shape index (κ2) is 6.37. The van der Waals surface area contributed by atoms with Crippen LogP contribution in [0.2, 0.25) is 0 Å². The number of thioether (sulfide) groups is 1. The molecule has 0 unspecified atom stereocenters. The first-order valence-corrected chi connectivity index (χ1v) is 8.18. The maximum atomic E-state index is 14.1. The van der Waals surface area contributed by atoms with E-state index in [1.54, 1.807) is 6.07 Å². The standard InChI is InChI=1S/C14H14FNO2S2/c1-3-5-9-12(14(17)18)20-13(16-9)11-8(15)6-4-7-10(11)19-2/h4,6-7H,3,5H2,1-2H3,(H,17,18). The molecule has 0 bridgehead atoms. The quantitative estimate of drug-likeness (QED) is 0.835. The summed E-state index contributed by atoms with van der Waals surface area (Å²) in [5.74, 6) is -1.37. The Morgan fingerprint density at radius 3 is 2.85 bits per heavy atom. The minimum atomic E-state index is -1.00. The first kappa shape index (κ1) is 15.0.